The van der Waals surface area contributed by atoms with Crippen molar-refractivity contribution >= 4 is 29.4 Å². The molecule has 4 rings (SSSR count). The Morgan fingerprint density at radius 2 is 1.94 bits per heavy atom. The first-order valence-electron chi connectivity index (χ1n) is 10.0. The molecule has 2 amide bonds. The van der Waals surface area contributed by atoms with Crippen LogP contribution >= 0.6 is 11.8 Å². The summed E-state index contributed by atoms with van der Waals surface area (Å²) in [7, 11) is 0. The molecule has 0 saturated carbocycles. The topological polar surface area (TPSA) is 75.4 Å². The standard InChI is InChI=1S/C23H21F2N3O3S/c1-12-4-5-18(31-12)11-26-22(29)19-6-7-20-21(27-19)28(23(30)14(3)32-20)13(2)15-8-16(24)10-17(25)9-15/h4-10,13-14H,11H2,1-3H3,(H,26,29). The number of rotatable bonds is 5. The van der Waals surface area contributed by atoms with Crippen LogP contribution in [0.4, 0.5) is 14.6 Å². The summed E-state index contributed by atoms with van der Waals surface area (Å²) < 4.78 is 33.0. The molecular weight excluding hydrogens is 436 g/mol. The number of hydrogen-bond donors (Lipinski definition) is 1. The third-order valence-electron chi connectivity index (χ3n) is 5.16. The Bertz CT molecular complexity index is 1180. The number of amides is 2. The third kappa shape index (κ3) is 4.38. The highest BCUT2D eigenvalue weighted by molar-refractivity contribution is 8.00. The Balaban J connectivity index is 1.65. The van der Waals surface area contributed by atoms with Crippen LogP contribution in [0.25, 0.3) is 0 Å². The Morgan fingerprint density at radius 1 is 1.22 bits per heavy atom. The maximum absolute atomic E-state index is 13.8. The van der Waals surface area contributed by atoms with Gasteiger partial charge in [-0.1, -0.05) is 0 Å². The molecular formula is C23H21F2N3O3S. The van der Waals surface area contributed by atoms with Crippen molar-refractivity contribution in [2.24, 2.45) is 0 Å². The maximum atomic E-state index is 13.8. The van der Waals surface area contributed by atoms with Crippen molar-refractivity contribution in [3.63, 3.8) is 0 Å². The fourth-order valence-electron chi connectivity index (χ4n) is 3.55. The minimum atomic E-state index is -0.729. The lowest BCUT2D eigenvalue weighted by Gasteiger charge is -2.36. The normalized spacial score (nSPS) is 16.6. The molecule has 0 spiro atoms. The van der Waals surface area contributed by atoms with Gasteiger partial charge in [0, 0.05) is 6.07 Å². The van der Waals surface area contributed by atoms with Crippen LogP contribution in [-0.4, -0.2) is 22.0 Å². The molecule has 9 heteroatoms. The minimum Gasteiger partial charge on any atom is -0.465 e. The lowest BCUT2D eigenvalue weighted by Crippen LogP contribution is -2.42. The molecule has 32 heavy (non-hydrogen) atoms. The molecule has 0 fully saturated rings. The van der Waals surface area contributed by atoms with Gasteiger partial charge in [0.1, 0.15) is 34.7 Å². The van der Waals surface area contributed by atoms with E-state index < -0.39 is 28.8 Å². The lowest BCUT2D eigenvalue weighted by molar-refractivity contribution is -0.118. The van der Waals surface area contributed by atoms with Crippen LogP contribution in [0.2, 0.25) is 0 Å². The van der Waals surface area contributed by atoms with Crippen LogP contribution < -0.4 is 10.2 Å². The molecule has 3 heterocycles. The van der Waals surface area contributed by atoms with Gasteiger partial charge in [-0.2, -0.15) is 0 Å². The molecule has 166 valence electrons. The van der Waals surface area contributed by atoms with E-state index in [2.05, 4.69) is 10.3 Å². The van der Waals surface area contributed by atoms with Gasteiger partial charge in [0.2, 0.25) is 5.91 Å². The van der Waals surface area contributed by atoms with Crippen LogP contribution in [0, 0.1) is 18.6 Å². The SMILES string of the molecule is Cc1ccc(CNC(=O)c2ccc3c(n2)N(C(C)c2cc(F)cc(F)c2)C(=O)C(C)S3)o1. The van der Waals surface area contributed by atoms with Crippen molar-refractivity contribution in [3.8, 4) is 0 Å². The van der Waals surface area contributed by atoms with Crippen molar-refractivity contribution < 1.29 is 22.8 Å². The highest BCUT2D eigenvalue weighted by atomic mass is 32.2. The Morgan fingerprint density at radius 3 is 2.59 bits per heavy atom. The molecule has 2 atom stereocenters. The van der Waals surface area contributed by atoms with E-state index in [0.29, 0.717) is 16.2 Å². The molecule has 1 N–H and O–H groups in total. The number of benzene rings is 1. The smallest absolute Gasteiger partial charge is 0.270 e. The first-order chi connectivity index (χ1) is 15.2. The first-order valence-corrected chi connectivity index (χ1v) is 10.9. The summed E-state index contributed by atoms with van der Waals surface area (Å²) in [5.41, 5.74) is 0.420. The van der Waals surface area contributed by atoms with Crippen LogP contribution in [0.5, 0.6) is 0 Å². The molecule has 2 aromatic heterocycles. The molecule has 1 aliphatic heterocycles. The average Bonchev–Trinajstić information content (AvgIpc) is 3.16. The fraction of sp³-hybridized carbons (Fsp3) is 0.261. The number of aryl methyl sites for hydroxylation is 1. The molecule has 3 aromatic rings. The second-order valence-electron chi connectivity index (χ2n) is 7.56. The molecule has 0 saturated heterocycles. The zero-order chi connectivity index (χ0) is 23.0. The lowest BCUT2D eigenvalue weighted by atomic mass is 10.1. The van der Waals surface area contributed by atoms with Gasteiger partial charge >= 0.3 is 0 Å². The molecule has 1 aliphatic rings. The number of thioether (sulfide) groups is 1. The number of aromatic nitrogens is 1. The summed E-state index contributed by atoms with van der Waals surface area (Å²) >= 11 is 1.33. The highest BCUT2D eigenvalue weighted by Crippen LogP contribution is 2.42. The maximum Gasteiger partial charge on any atom is 0.270 e. The number of nitrogens with one attached hydrogen (secondary N) is 1. The average molecular weight is 458 g/mol. The van der Waals surface area contributed by atoms with Crippen molar-refractivity contribution in [1.82, 2.24) is 10.3 Å². The largest absolute Gasteiger partial charge is 0.465 e. The minimum absolute atomic E-state index is 0.123. The van der Waals surface area contributed by atoms with Gasteiger partial charge < -0.3 is 9.73 Å². The van der Waals surface area contributed by atoms with Gasteiger partial charge in [-0.3, -0.25) is 14.5 Å². The van der Waals surface area contributed by atoms with Gasteiger partial charge in [0.25, 0.3) is 5.91 Å². The van der Waals surface area contributed by atoms with E-state index in [-0.39, 0.29) is 24.0 Å². The van der Waals surface area contributed by atoms with E-state index in [1.807, 2.05) is 6.92 Å². The van der Waals surface area contributed by atoms with E-state index in [4.69, 9.17) is 4.42 Å². The summed E-state index contributed by atoms with van der Waals surface area (Å²) in [5, 5.41) is 2.33. The molecule has 2 unspecified atom stereocenters. The van der Waals surface area contributed by atoms with Gasteiger partial charge in [-0.15, -0.1) is 11.8 Å². The van der Waals surface area contributed by atoms with Crippen molar-refractivity contribution in [3.05, 3.63) is 76.9 Å². The Hall–Kier alpha value is -3.20. The summed E-state index contributed by atoms with van der Waals surface area (Å²) in [6, 6.07) is 9.36. The second kappa shape index (κ2) is 8.74. The quantitative estimate of drug-likeness (QED) is 0.597. The van der Waals surface area contributed by atoms with Crippen molar-refractivity contribution in [2.45, 2.75) is 43.5 Å². The number of carbonyl (C=O) groups is 2. The molecule has 1 aromatic carbocycles. The number of fused-ring (bicyclic) bond motifs is 1. The number of hydrogen-bond acceptors (Lipinski definition) is 5. The van der Waals surface area contributed by atoms with Crippen LogP contribution in [0.1, 0.15) is 47.5 Å². The monoisotopic (exact) mass is 457 g/mol. The number of halogens is 2. The molecule has 0 radical (unpaired) electrons. The summed E-state index contributed by atoms with van der Waals surface area (Å²) in [4.78, 5) is 32.2. The predicted molar refractivity (Wildman–Crippen MR) is 116 cm³/mol. The Labute approximate surface area is 188 Å². The van der Waals surface area contributed by atoms with E-state index in [1.54, 1.807) is 38.1 Å². The van der Waals surface area contributed by atoms with E-state index in [1.165, 1.54) is 28.8 Å². The fourth-order valence-corrected chi connectivity index (χ4v) is 4.54. The number of carbonyl (C=O) groups excluding carboxylic acids is 2. The molecule has 0 aliphatic carbocycles. The van der Waals surface area contributed by atoms with E-state index in [9.17, 15) is 18.4 Å². The number of pyridine rings is 1. The predicted octanol–water partition coefficient (Wildman–Crippen LogP) is 4.78. The zero-order valence-electron chi connectivity index (χ0n) is 17.7. The van der Waals surface area contributed by atoms with Gasteiger partial charge in [0.05, 0.1) is 22.7 Å². The van der Waals surface area contributed by atoms with E-state index in [0.717, 1.165) is 11.8 Å². The van der Waals surface area contributed by atoms with Crippen LogP contribution in [0.3, 0.4) is 0 Å². The van der Waals surface area contributed by atoms with E-state index >= 15 is 0 Å². The summed E-state index contributed by atoms with van der Waals surface area (Å²) in [6.07, 6.45) is 0. The van der Waals surface area contributed by atoms with Gasteiger partial charge in [-0.05, 0) is 62.7 Å². The first kappa shape index (κ1) is 22.0. The number of furan rings is 1. The second-order valence-corrected chi connectivity index (χ2v) is 8.94. The van der Waals surface area contributed by atoms with Crippen LogP contribution in [-0.2, 0) is 11.3 Å². The Kier molecular flexibility index (Phi) is 6.01. The molecule has 6 nitrogen and oxygen atoms in total. The van der Waals surface area contributed by atoms with Crippen molar-refractivity contribution in [1.29, 1.82) is 0 Å². The number of anilines is 1. The van der Waals surface area contributed by atoms with Crippen molar-refractivity contribution in [2.75, 3.05) is 4.90 Å². The van der Waals surface area contributed by atoms with Crippen LogP contribution in [0.15, 0.2) is 51.8 Å². The summed E-state index contributed by atoms with van der Waals surface area (Å²) in [6.45, 7) is 5.44. The highest BCUT2D eigenvalue weighted by Gasteiger charge is 2.36. The number of nitrogens with zero attached hydrogens (tertiary/aromatic N) is 2. The van der Waals surface area contributed by atoms with Gasteiger partial charge in [-0.25, -0.2) is 13.8 Å². The third-order valence-corrected chi connectivity index (χ3v) is 6.29. The van der Waals surface area contributed by atoms with Gasteiger partial charge in [0.15, 0.2) is 0 Å². The zero-order valence-corrected chi connectivity index (χ0v) is 18.5. The molecule has 0 bridgehead atoms. The summed E-state index contributed by atoms with van der Waals surface area (Å²) in [5.74, 6) is -0.503.